The Kier molecular flexibility index (Phi) is 17.1. The molecule has 1 aromatic rings. The molecule has 5 bridgehead atoms. The molecular formula is C49H67NO17. The quantitative estimate of drug-likeness (QED) is 0.145. The van der Waals surface area contributed by atoms with E-state index in [2.05, 4.69) is 5.32 Å². The van der Waals surface area contributed by atoms with Crippen molar-refractivity contribution in [1.29, 1.82) is 0 Å². The third-order valence-corrected chi connectivity index (χ3v) is 13.4. The highest BCUT2D eigenvalue weighted by atomic mass is 16.7. The normalized spacial score (nSPS) is 34.1. The van der Waals surface area contributed by atoms with Crippen LogP contribution in [-0.2, 0) is 42.8 Å². The number of aliphatic hydroxyl groups is 4. The van der Waals surface area contributed by atoms with Crippen molar-refractivity contribution in [3.05, 3.63) is 70.2 Å². The molecule has 5 aliphatic rings. The predicted octanol–water partition coefficient (Wildman–Crippen LogP) is 4.67. The van der Waals surface area contributed by atoms with Crippen LogP contribution in [0.3, 0.4) is 0 Å². The smallest absolute Gasteiger partial charge is 0.312 e. The standard InChI is InChI=1S/C49H67NO17/c1-23-13-12-14-30(28(6)65-47(60)48(8,9)21-35(53)61-11)19-24(2)40(54)26(4)41(55)25(3)33(66-36-16-15-34(62-22-51)29(7)64-36)17-18-63-49(10)45(58)39-37-32(52)20-31(50-46(23)59)43(57)38(37)42(56)27(5)44(39)67-49/h12-14,17-18,20,24-26,28-30,33-34,36,40-41,45,51,54-56,58H,15-16,19,21-22H2,1-11H3,(H,50,59)/b14-12+,18-17+,23-13-/t24-,25-,26-,28?,29-,30+,33+,34+,36+,40-,41-,45?,49+/m1/s1. The van der Waals surface area contributed by atoms with E-state index in [1.165, 1.54) is 46.3 Å². The summed E-state index contributed by atoms with van der Waals surface area (Å²) in [4.78, 5) is 66.9. The van der Waals surface area contributed by atoms with Crippen molar-refractivity contribution in [3.63, 3.8) is 0 Å². The molecule has 1 saturated heterocycles. The van der Waals surface area contributed by atoms with Gasteiger partial charge in [-0.3, -0.25) is 24.0 Å². The molecular weight excluding hydrogens is 875 g/mol. The molecule has 4 heterocycles. The van der Waals surface area contributed by atoms with Gasteiger partial charge in [-0.1, -0.05) is 39.0 Å². The van der Waals surface area contributed by atoms with Gasteiger partial charge < -0.3 is 64.0 Å². The summed E-state index contributed by atoms with van der Waals surface area (Å²) in [5, 5.41) is 58.9. The van der Waals surface area contributed by atoms with Crippen LogP contribution in [-0.4, -0.2) is 118 Å². The molecule has 1 aliphatic carbocycles. The number of methoxy groups -OCH3 is 1. The maximum Gasteiger partial charge on any atom is 0.312 e. The van der Waals surface area contributed by atoms with Crippen LogP contribution in [0.1, 0.15) is 126 Å². The lowest BCUT2D eigenvalue weighted by molar-refractivity contribution is -0.251. The van der Waals surface area contributed by atoms with Crippen molar-refractivity contribution >= 4 is 29.4 Å². The highest BCUT2D eigenvalue weighted by Crippen LogP contribution is 2.52. The number of aliphatic hydroxyl groups excluding tert-OH is 4. The molecule has 1 amide bonds. The molecule has 1 fully saturated rings. The Morgan fingerprint density at radius 3 is 2.33 bits per heavy atom. The lowest BCUT2D eigenvalue weighted by Gasteiger charge is -2.39. The molecule has 13 atom stereocenters. The van der Waals surface area contributed by atoms with E-state index in [0.29, 0.717) is 12.8 Å². The molecule has 370 valence electrons. The number of aromatic hydroxyl groups is 1. The summed E-state index contributed by atoms with van der Waals surface area (Å²) in [5.74, 6) is -8.97. The third-order valence-electron chi connectivity index (χ3n) is 13.4. The van der Waals surface area contributed by atoms with Crippen LogP contribution in [0.15, 0.2) is 47.9 Å². The molecule has 4 aliphatic heterocycles. The van der Waals surface area contributed by atoms with E-state index in [1.807, 2.05) is 0 Å². The van der Waals surface area contributed by atoms with Crippen molar-refractivity contribution in [1.82, 2.24) is 5.32 Å². The Bertz CT molecular complexity index is 2180. The summed E-state index contributed by atoms with van der Waals surface area (Å²) < 4.78 is 40.9. The number of hydrogen-bond donors (Lipinski definition) is 6. The second-order valence-electron chi connectivity index (χ2n) is 19.0. The van der Waals surface area contributed by atoms with Crippen LogP contribution in [0.5, 0.6) is 11.5 Å². The average Bonchev–Trinajstić information content (AvgIpc) is 3.54. The molecule has 0 radical (unpaired) electrons. The van der Waals surface area contributed by atoms with Gasteiger partial charge in [-0.25, -0.2) is 0 Å². The predicted molar refractivity (Wildman–Crippen MR) is 239 cm³/mol. The summed E-state index contributed by atoms with van der Waals surface area (Å²) in [6, 6.07) is 0. The number of carbonyl (C=O) groups is 5. The first-order valence-corrected chi connectivity index (χ1v) is 22.6. The molecule has 1 aromatic carbocycles. The fourth-order valence-electron chi connectivity index (χ4n) is 8.90. The summed E-state index contributed by atoms with van der Waals surface area (Å²) >= 11 is 0. The van der Waals surface area contributed by atoms with Gasteiger partial charge in [0.05, 0.1) is 67.0 Å². The maximum atomic E-state index is 14.0. The number of hydrogen-bond acceptors (Lipinski definition) is 17. The minimum atomic E-state index is -1.93. The number of esters is 2. The van der Waals surface area contributed by atoms with Crippen molar-refractivity contribution in [2.75, 3.05) is 13.9 Å². The molecule has 67 heavy (non-hydrogen) atoms. The number of benzene rings is 1. The lowest BCUT2D eigenvalue weighted by atomic mass is 9.79. The topological polar surface area (TPSA) is 263 Å². The van der Waals surface area contributed by atoms with Crippen LogP contribution < -0.4 is 10.1 Å². The summed E-state index contributed by atoms with van der Waals surface area (Å²) in [6.07, 6.45) is 1.65. The van der Waals surface area contributed by atoms with Gasteiger partial charge in [0.15, 0.2) is 18.2 Å². The number of fused-ring (bicyclic) bond motifs is 14. The minimum Gasteiger partial charge on any atom is -0.507 e. The van der Waals surface area contributed by atoms with Crippen molar-refractivity contribution < 1.29 is 82.7 Å². The van der Waals surface area contributed by atoms with Crippen LogP contribution in [0, 0.1) is 36.0 Å². The molecule has 2 unspecified atom stereocenters. The average molecular weight is 942 g/mol. The number of phenolic OH excluding ortho intramolecular Hbond substituents is 1. The number of rotatable bonds is 9. The van der Waals surface area contributed by atoms with Gasteiger partial charge in [0.1, 0.15) is 24.4 Å². The number of allylic oxidation sites excluding steroid dienone is 4. The molecule has 6 rings (SSSR count). The minimum absolute atomic E-state index is 0.0258. The van der Waals surface area contributed by atoms with Gasteiger partial charge >= 0.3 is 11.9 Å². The van der Waals surface area contributed by atoms with Crippen molar-refractivity contribution in [2.45, 2.75) is 150 Å². The van der Waals surface area contributed by atoms with Gasteiger partial charge in [0.25, 0.3) is 11.7 Å². The van der Waals surface area contributed by atoms with Crippen LogP contribution in [0.25, 0.3) is 0 Å². The van der Waals surface area contributed by atoms with Crippen LogP contribution in [0.2, 0.25) is 0 Å². The molecule has 0 spiro atoms. The van der Waals surface area contributed by atoms with E-state index >= 15 is 0 Å². The lowest BCUT2D eigenvalue weighted by Crippen LogP contribution is -2.45. The van der Waals surface area contributed by atoms with Gasteiger partial charge in [0, 0.05) is 59.4 Å². The highest BCUT2D eigenvalue weighted by Gasteiger charge is 2.52. The number of amides is 1. The second kappa shape index (κ2) is 21.6. The van der Waals surface area contributed by atoms with E-state index in [9.17, 15) is 49.5 Å². The Labute approximate surface area is 390 Å². The molecule has 18 nitrogen and oxygen atoms in total. The van der Waals surface area contributed by atoms with Gasteiger partial charge in [-0.2, -0.15) is 0 Å². The SMILES string of the molecule is COC(=O)CC(C)(C)C(=O)OC(C)[C@H]1/C=C/C=C(/C)C(=O)NC2=CC(=O)c3c(c(O)c(C)c4c3C(O)[C@@](C)(O/C=C/[C@H](O[C@H]3CC[C@H](OCO)[C@@H](C)O3)[C@@H](C)[C@@H](O)[C@H](C)[C@H](O)[C@H](C)C1)O4)C2=O. The van der Waals surface area contributed by atoms with E-state index in [1.54, 1.807) is 60.6 Å². The van der Waals surface area contributed by atoms with Crippen molar-refractivity contribution in [2.24, 2.45) is 29.1 Å². The summed E-state index contributed by atoms with van der Waals surface area (Å²) in [5.41, 5.74) is -2.40. The van der Waals surface area contributed by atoms with E-state index in [4.69, 9.17) is 33.2 Å². The van der Waals surface area contributed by atoms with Gasteiger partial charge in [0.2, 0.25) is 5.78 Å². The number of ether oxygens (including phenoxy) is 7. The van der Waals surface area contributed by atoms with E-state index in [-0.39, 0.29) is 47.0 Å². The second-order valence-corrected chi connectivity index (χ2v) is 19.0. The Hall–Kier alpha value is -4.95. The number of ketones is 2. The first kappa shape index (κ1) is 53.0. The molecule has 18 heteroatoms. The highest BCUT2D eigenvalue weighted by molar-refractivity contribution is 6.27. The number of carbonyl (C=O) groups excluding carboxylic acids is 5. The monoisotopic (exact) mass is 941 g/mol. The molecule has 0 saturated carbocycles. The van der Waals surface area contributed by atoms with Gasteiger partial charge in [-0.05, 0) is 66.4 Å². The third kappa shape index (κ3) is 11.5. The zero-order chi connectivity index (χ0) is 49.9. The Balaban J connectivity index is 1.56. The summed E-state index contributed by atoms with van der Waals surface area (Å²) in [7, 11) is 1.22. The molecule has 6 N–H and O–H groups in total. The number of nitrogens with one attached hydrogen (secondary N) is 1. The van der Waals surface area contributed by atoms with E-state index < -0.39 is 131 Å². The van der Waals surface area contributed by atoms with Crippen LogP contribution in [0.4, 0.5) is 0 Å². The first-order chi connectivity index (χ1) is 31.4. The maximum absolute atomic E-state index is 14.0. The fraction of sp³-hybridized carbons (Fsp3) is 0.612. The Morgan fingerprint density at radius 2 is 1.69 bits per heavy atom. The summed E-state index contributed by atoms with van der Waals surface area (Å²) in [6.45, 7) is 15.6. The van der Waals surface area contributed by atoms with Crippen LogP contribution >= 0.6 is 0 Å². The zero-order valence-electron chi connectivity index (χ0n) is 40.1. The molecule has 0 aromatic heterocycles. The van der Waals surface area contributed by atoms with Gasteiger partial charge in [-0.15, -0.1) is 0 Å². The first-order valence-electron chi connectivity index (χ1n) is 22.6. The largest absolute Gasteiger partial charge is 0.507 e. The number of phenols is 1. The van der Waals surface area contributed by atoms with Crippen molar-refractivity contribution in [3.8, 4) is 11.5 Å². The zero-order valence-corrected chi connectivity index (χ0v) is 40.1. The number of Topliss-reactive ketones (excluding diaryl/α,β-unsaturated/α-hetero) is 1. The van der Waals surface area contributed by atoms with E-state index in [0.717, 1.165) is 6.08 Å². The Morgan fingerprint density at radius 1 is 1.00 bits per heavy atom. The fourth-order valence-corrected chi connectivity index (χ4v) is 8.90.